The van der Waals surface area contributed by atoms with E-state index in [1.54, 1.807) is 31.2 Å². The molecule has 2 rings (SSSR count). The molecule has 0 aliphatic carbocycles. The van der Waals surface area contributed by atoms with Crippen LogP contribution in [0.25, 0.3) is 0 Å². The molecule has 2 aromatic carbocycles. The summed E-state index contributed by atoms with van der Waals surface area (Å²) in [5.41, 5.74) is 0.808. The zero-order chi connectivity index (χ0) is 15.2. The second kappa shape index (κ2) is 6.83. The number of esters is 1. The Morgan fingerprint density at radius 3 is 2.24 bits per heavy atom. The van der Waals surface area contributed by atoms with Gasteiger partial charge < -0.3 is 9.47 Å². The molecule has 0 bridgehead atoms. The van der Waals surface area contributed by atoms with Gasteiger partial charge in [-0.25, -0.2) is 13.6 Å². The number of carbonyl (C=O) groups is 1. The Kier molecular flexibility index (Phi) is 4.87. The molecule has 0 aliphatic rings. The topological polar surface area (TPSA) is 35.5 Å². The zero-order valence-corrected chi connectivity index (χ0v) is 11.4. The molecule has 0 N–H and O–H groups in total. The molecule has 5 heteroatoms. The number of carbonyl (C=O) groups excluding carboxylic acids is 1. The maximum absolute atomic E-state index is 13.0. The molecule has 0 heterocycles. The minimum Gasteiger partial charge on any atom is -0.489 e. The Morgan fingerprint density at radius 1 is 1.05 bits per heavy atom. The highest BCUT2D eigenvalue weighted by molar-refractivity contribution is 5.89. The Hall–Kier alpha value is -2.43. The molecular weight excluding hydrogens is 278 g/mol. The van der Waals surface area contributed by atoms with Crippen LogP contribution >= 0.6 is 0 Å². The van der Waals surface area contributed by atoms with Crippen LogP contribution in [0, 0.1) is 11.6 Å². The molecule has 0 saturated carbocycles. The fourth-order valence-corrected chi connectivity index (χ4v) is 1.76. The van der Waals surface area contributed by atoms with Crippen molar-refractivity contribution in [2.24, 2.45) is 0 Å². The van der Waals surface area contributed by atoms with Crippen molar-refractivity contribution in [3.8, 4) is 5.75 Å². The molecule has 3 nitrogen and oxygen atoms in total. The summed E-state index contributed by atoms with van der Waals surface area (Å²) < 4.78 is 36.3. The Balaban J connectivity index is 1.99. The maximum atomic E-state index is 13.0. The highest BCUT2D eigenvalue weighted by Crippen LogP contribution is 2.16. The van der Waals surface area contributed by atoms with Crippen molar-refractivity contribution in [3.63, 3.8) is 0 Å². The Morgan fingerprint density at radius 2 is 1.67 bits per heavy atom. The number of ether oxygens (including phenoxy) is 2. The first-order valence-corrected chi connectivity index (χ1v) is 6.43. The lowest BCUT2D eigenvalue weighted by molar-refractivity contribution is 0.0526. The maximum Gasteiger partial charge on any atom is 0.338 e. The van der Waals surface area contributed by atoms with Crippen LogP contribution in [-0.4, -0.2) is 12.6 Å². The lowest BCUT2D eigenvalue weighted by Gasteiger charge is -2.07. The van der Waals surface area contributed by atoms with E-state index in [1.165, 1.54) is 12.1 Å². The fourth-order valence-electron chi connectivity index (χ4n) is 1.76. The van der Waals surface area contributed by atoms with Crippen LogP contribution in [0.5, 0.6) is 5.75 Å². The molecule has 0 unspecified atom stereocenters. The minimum atomic E-state index is -0.647. The summed E-state index contributed by atoms with van der Waals surface area (Å²) in [6, 6.07) is 9.55. The number of hydrogen-bond acceptors (Lipinski definition) is 3. The number of rotatable bonds is 5. The average molecular weight is 292 g/mol. The van der Waals surface area contributed by atoms with E-state index in [0.717, 1.165) is 6.07 Å². The zero-order valence-electron chi connectivity index (χ0n) is 11.4. The molecule has 0 atom stereocenters. The van der Waals surface area contributed by atoms with Gasteiger partial charge in [-0.2, -0.15) is 0 Å². The van der Waals surface area contributed by atoms with Crippen molar-refractivity contribution in [1.29, 1.82) is 0 Å². The molecule has 0 saturated heterocycles. The van der Waals surface area contributed by atoms with E-state index in [9.17, 15) is 13.6 Å². The van der Waals surface area contributed by atoms with Gasteiger partial charge in [0.15, 0.2) is 0 Å². The van der Waals surface area contributed by atoms with Crippen LogP contribution < -0.4 is 4.74 Å². The van der Waals surface area contributed by atoms with E-state index in [2.05, 4.69) is 0 Å². The van der Waals surface area contributed by atoms with Crippen molar-refractivity contribution >= 4 is 5.97 Å². The summed E-state index contributed by atoms with van der Waals surface area (Å²) in [7, 11) is 0. The van der Waals surface area contributed by atoms with Crippen LogP contribution in [0.15, 0.2) is 42.5 Å². The smallest absolute Gasteiger partial charge is 0.338 e. The van der Waals surface area contributed by atoms with Gasteiger partial charge >= 0.3 is 5.97 Å². The summed E-state index contributed by atoms with van der Waals surface area (Å²) in [5, 5.41) is 0. The third-order valence-electron chi connectivity index (χ3n) is 2.69. The second-order valence-corrected chi connectivity index (χ2v) is 4.31. The van der Waals surface area contributed by atoms with Crippen molar-refractivity contribution in [2.45, 2.75) is 13.5 Å². The van der Waals surface area contributed by atoms with Crippen LogP contribution in [-0.2, 0) is 11.3 Å². The first-order valence-electron chi connectivity index (χ1n) is 6.43. The molecular formula is C16H14F2O3. The van der Waals surface area contributed by atoms with Gasteiger partial charge in [-0.15, -0.1) is 0 Å². The van der Waals surface area contributed by atoms with E-state index in [0.29, 0.717) is 23.5 Å². The van der Waals surface area contributed by atoms with Gasteiger partial charge in [0, 0.05) is 6.07 Å². The quantitative estimate of drug-likeness (QED) is 0.788. The largest absolute Gasteiger partial charge is 0.489 e. The second-order valence-electron chi connectivity index (χ2n) is 4.31. The monoisotopic (exact) mass is 292 g/mol. The van der Waals surface area contributed by atoms with Crippen LogP contribution in [0.2, 0.25) is 0 Å². The van der Waals surface area contributed by atoms with E-state index >= 15 is 0 Å². The number of halogens is 2. The summed E-state index contributed by atoms with van der Waals surface area (Å²) in [6.07, 6.45) is 0. The van der Waals surface area contributed by atoms with E-state index in [4.69, 9.17) is 9.47 Å². The first kappa shape index (κ1) is 15.0. The van der Waals surface area contributed by atoms with Gasteiger partial charge in [0.25, 0.3) is 0 Å². The predicted octanol–water partition coefficient (Wildman–Crippen LogP) is 3.72. The molecule has 0 spiro atoms. The molecule has 110 valence electrons. The van der Waals surface area contributed by atoms with Gasteiger partial charge in [-0.1, -0.05) is 0 Å². The summed E-state index contributed by atoms with van der Waals surface area (Å²) >= 11 is 0. The van der Waals surface area contributed by atoms with Crippen LogP contribution in [0.3, 0.4) is 0 Å². The van der Waals surface area contributed by atoms with E-state index < -0.39 is 17.6 Å². The standard InChI is InChI=1S/C16H14F2O3/c1-2-20-16(19)12-3-5-15(6-4-12)21-10-11-7-13(17)9-14(18)8-11/h3-9H,2,10H2,1H3. The molecule has 2 aromatic rings. The summed E-state index contributed by atoms with van der Waals surface area (Å²) in [6.45, 7) is 2.07. The Labute approximate surface area is 121 Å². The van der Waals surface area contributed by atoms with Gasteiger partial charge in [0.2, 0.25) is 0 Å². The van der Waals surface area contributed by atoms with Crippen molar-refractivity contribution < 1.29 is 23.0 Å². The van der Waals surface area contributed by atoms with Crippen molar-refractivity contribution in [2.75, 3.05) is 6.61 Å². The van der Waals surface area contributed by atoms with E-state index in [-0.39, 0.29) is 6.61 Å². The molecule has 0 radical (unpaired) electrons. The third-order valence-corrected chi connectivity index (χ3v) is 2.69. The average Bonchev–Trinajstić information content (AvgIpc) is 2.45. The predicted molar refractivity (Wildman–Crippen MR) is 73.1 cm³/mol. The third kappa shape index (κ3) is 4.27. The molecule has 0 amide bonds. The highest BCUT2D eigenvalue weighted by atomic mass is 19.1. The van der Waals surface area contributed by atoms with E-state index in [1.807, 2.05) is 0 Å². The lowest BCUT2D eigenvalue weighted by Crippen LogP contribution is -2.04. The van der Waals surface area contributed by atoms with Crippen LogP contribution in [0.1, 0.15) is 22.8 Å². The van der Waals surface area contributed by atoms with Gasteiger partial charge in [-0.3, -0.25) is 0 Å². The van der Waals surface area contributed by atoms with Crippen LogP contribution in [0.4, 0.5) is 8.78 Å². The van der Waals surface area contributed by atoms with Gasteiger partial charge in [-0.05, 0) is 48.9 Å². The highest BCUT2D eigenvalue weighted by Gasteiger charge is 2.06. The molecule has 0 fully saturated rings. The minimum absolute atomic E-state index is 0.0352. The summed E-state index contributed by atoms with van der Waals surface area (Å²) in [5.74, 6) is -1.21. The normalized spacial score (nSPS) is 10.2. The van der Waals surface area contributed by atoms with Gasteiger partial charge in [0.1, 0.15) is 24.0 Å². The molecule has 0 aromatic heterocycles. The SMILES string of the molecule is CCOC(=O)c1ccc(OCc2cc(F)cc(F)c2)cc1. The fraction of sp³-hybridized carbons (Fsp3) is 0.188. The molecule has 0 aliphatic heterocycles. The summed E-state index contributed by atoms with van der Waals surface area (Å²) in [4.78, 5) is 11.5. The number of hydrogen-bond donors (Lipinski definition) is 0. The molecule has 21 heavy (non-hydrogen) atoms. The van der Waals surface area contributed by atoms with Gasteiger partial charge in [0.05, 0.1) is 12.2 Å². The van der Waals surface area contributed by atoms with Crippen molar-refractivity contribution in [1.82, 2.24) is 0 Å². The van der Waals surface area contributed by atoms with Crippen molar-refractivity contribution in [3.05, 3.63) is 65.2 Å². The first-order chi connectivity index (χ1) is 10.1. The Bertz CT molecular complexity index is 604. The number of benzene rings is 2. The lowest BCUT2D eigenvalue weighted by atomic mass is 10.2.